The van der Waals surface area contributed by atoms with Crippen molar-refractivity contribution in [3.05, 3.63) is 47.3 Å². The molecule has 2 aromatic heterocycles. The molecule has 0 unspecified atom stereocenters. The van der Waals surface area contributed by atoms with Gasteiger partial charge in [-0.3, -0.25) is 20.0 Å². The lowest BCUT2D eigenvalue weighted by atomic mass is 10.4. The molecule has 12 heteroatoms. The topological polar surface area (TPSA) is 131 Å². The zero-order chi connectivity index (χ0) is 27.8. The van der Waals surface area contributed by atoms with Crippen molar-refractivity contribution in [3.8, 4) is 0 Å². The Hall–Kier alpha value is -3.00. The average Bonchev–Trinajstić information content (AvgIpc) is 3.62. The van der Waals surface area contributed by atoms with Crippen molar-refractivity contribution in [2.75, 3.05) is 105 Å². The van der Waals surface area contributed by atoms with Gasteiger partial charge in [0.2, 0.25) is 0 Å². The molecule has 0 atom stereocenters. The molecule has 0 N–H and O–H groups in total. The van der Waals surface area contributed by atoms with E-state index in [1.54, 1.807) is 24.9 Å². The summed E-state index contributed by atoms with van der Waals surface area (Å²) < 4.78 is 44.4. The van der Waals surface area contributed by atoms with Gasteiger partial charge in [0.05, 0.1) is 130 Å². The highest BCUT2D eigenvalue weighted by Gasteiger charge is 1.99. The third-order valence-corrected chi connectivity index (χ3v) is 5.12. The van der Waals surface area contributed by atoms with Gasteiger partial charge < -0.3 is 37.3 Å². The molecule has 4 bridgehead atoms. The Bertz CT molecular complexity index is 864. The third-order valence-electron chi connectivity index (χ3n) is 5.12. The van der Waals surface area contributed by atoms with Crippen molar-refractivity contribution in [1.29, 1.82) is 0 Å². The van der Waals surface area contributed by atoms with Crippen molar-refractivity contribution in [1.82, 2.24) is 0 Å². The maximum Gasteiger partial charge on any atom is 0.145 e. The SMILES string of the molecule is C1=NCCOCCOCCOCCN=Cc2ccc(o2)C=NCCOCCOCCOCCN=Cc2ccc1o2. The van der Waals surface area contributed by atoms with E-state index in [0.29, 0.717) is 129 Å². The lowest BCUT2D eigenvalue weighted by molar-refractivity contribution is 0.0176. The molecular weight excluding hydrogens is 520 g/mol. The fourth-order valence-electron chi connectivity index (χ4n) is 3.19. The van der Waals surface area contributed by atoms with Gasteiger partial charge in [-0.15, -0.1) is 0 Å². The van der Waals surface area contributed by atoms with Gasteiger partial charge in [-0.1, -0.05) is 0 Å². The predicted molar refractivity (Wildman–Crippen MR) is 152 cm³/mol. The summed E-state index contributed by atoms with van der Waals surface area (Å²) in [7, 11) is 0. The maximum atomic E-state index is 5.66. The van der Waals surface area contributed by atoms with Crippen LogP contribution in [0.1, 0.15) is 23.0 Å². The lowest BCUT2D eigenvalue weighted by Gasteiger charge is -2.05. The fraction of sp³-hybridized carbons (Fsp3) is 0.571. The van der Waals surface area contributed by atoms with Crippen molar-refractivity contribution in [2.45, 2.75) is 0 Å². The third kappa shape index (κ3) is 15.6. The van der Waals surface area contributed by atoms with Gasteiger partial charge in [-0.05, 0) is 24.3 Å². The van der Waals surface area contributed by atoms with Gasteiger partial charge >= 0.3 is 0 Å². The number of ether oxygens (including phenoxy) is 6. The van der Waals surface area contributed by atoms with Gasteiger partial charge in [-0.25, -0.2) is 0 Å². The molecule has 0 spiro atoms. The minimum absolute atomic E-state index is 0.502. The van der Waals surface area contributed by atoms with Crippen LogP contribution in [0.3, 0.4) is 0 Å². The maximum absolute atomic E-state index is 5.66. The standard InChI is InChI=1S/C28H40N4O8/c1-2-26-22-30-6-10-34-14-18-38-20-16-36-12-8-32-24-28-4-3-27(40-28)23-31-7-11-35-15-19-37-17-13-33-9-5-29-21-25(1)39-26/h1-4,21-24H,5-20H2. The molecule has 0 amide bonds. The van der Waals surface area contributed by atoms with E-state index in [1.807, 2.05) is 24.3 Å². The number of aliphatic imine (C=N–C) groups is 4. The molecule has 0 saturated heterocycles. The van der Waals surface area contributed by atoms with Gasteiger partial charge in [-0.2, -0.15) is 0 Å². The average molecular weight is 561 g/mol. The number of hydrogen-bond donors (Lipinski definition) is 0. The molecule has 1 aliphatic rings. The second kappa shape index (κ2) is 21.8. The molecule has 1 aliphatic heterocycles. The molecule has 220 valence electrons. The van der Waals surface area contributed by atoms with Crippen molar-refractivity contribution in [3.63, 3.8) is 0 Å². The van der Waals surface area contributed by atoms with E-state index in [1.165, 1.54) is 0 Å². The minimum Gasteiger partial charge on any atom is -0.454 e. The van der Waals surface area contributed by atoms with Gasteiger partial charge in [0.15, 0.2) is 0 Å². The molecule has 3 rings (SSSR count). The largest absolute Gasteiger partial charge is 0.454 e. The number of furan rings is 2. The summed E-state index contributed by atoms with van der Waals surface area (Å²) in [6, 6.07) is 7.40. The number of rotatable bonds is 0. The van der Waals surface area contributed by atoms with Gasteiger partial charge in [0, 0.05) is 0 Å². The van der Waals surface area contributed by atoms with Crippen molar-refractivity contribution < 1.29 is 37.3 Å². The van der Waals surface area contributed by atoms with Crippen LogP contribution in [-0.2, 0) is 28.4 Å². The van der Waals surface area contributed by atoms with Crippen LogP contribution in [0.4, 0.5) is 0 Å². The summed E-state index contributed by atoms with van der Waals surface area (Å²) >= 11 is 0. The van der Waals surface area contributed by atoms with Gasteiger partial charge in [0.25, 0.3) is 0 Å². The molecule has 2 aromatic rings. The van der Waals surface area contributed by atoms with E-state index in [0.717, 1.165) is 0 Å². The van der Waals surface area contributed by atoms with Crippen LogP contribution in [0.15, 0.2) is 53.1 Å². The van der Waals surface area contributed by atoms with E-state index in [4.69, 9.17) is 37.3 Å². The molecule has 0 aromatic carbocycles. The zero-order valence-corrected chi connectivity index (χ0v) is 23.0. The Morgan fingerprint density at radius 2 is 0.550 bits per heavy atom. The lowest BCUT2D eigenvalue weighted by Crippen LogP contribution is -2.11. The van der Waals surface area contributed by atoms with E-state index in [-0.39, 0.29) is 0 Å². The van der Waals surface area contributed by atoms with Crippen molar-refractivity contribution in [2.24, 2.45) is 20.0 Å². The summed E-state index contributed by atoms with van der Waals surface area (Å²) in [5, 5.41) is 0. The first kappa shape index (κ1) is 31.5. The van der Waals surface area contributed by atoms with Crippen LogP contribution < -0.4 is 0 Å². The number of nitrogens with zero attached hydrogens (tertiary/aromatic N) is 4. The van der Waals surface area contributed by atoms with Crippen LogP contribution >= 0.6 is 0 Å². The molecule has 0 saturated carbocycles. The molecule has 0 radical (unpaired) electrons. The number of hydrogen-bond acceptors (Lipinski definition) is 12. The molecular formula is C28H40N4O8. The first-order valence-corrected chi connectivity index (χ1v) is 13.6. The smallest absolute Gasteiger partial charge is 0.145 e. The first-order valence-electron chi connectivity index (χ1n) is 13.6. The van der Waals surface area contributed by atoms with Crippen LogP contribution in [0.25, 0.3) is 0 Å². The number of fused-ring (bicyclic) bond motifs is 4. The Balaban J connectivity index is 1.34. The highest BCUT2D eigenvalue weighted by atomic mass is 16.5. The summed E-state index contributed by atoms with van der Waals surface area (Å²) in [5.41, 5.74) is 0. The summed E-state index contributed by atoms with van der Waals surface area (Å²) in [5.74, 6) is 2.66. The Kier molecular flexibility index (Phi) is 17.2. The van der Waals surface area contributed by atoms with E-state index in [2.05, 4.69) is 20.0 Å². The van der Waals surface area contributed by atoms with Crippen LogP contribution in [0.2, 0.25) is 0 Å². The molecule has 3 heterocycles. The second-order valence-electron chi connectivity index (χ2n) is 8.30. The Labute approximate surface area is 235 Å². The molecule has 0 fully saturated rings. The van der Waals surface area contributed by atoms with Crippen LogP contribution in [-0.4, -0.2) is 130 Å². The Morgan fingerprint density at radius 3 is 0.800 bits per heavy atom. The van der Waals surface area contributed by atoms with E-state index < -0.39 is 0 Å². The quantitative estimate of drug-likeness (QED) is 0.480. The highest BCUT2D eigenvalue weighted by Crippen LogP contribution is 2.04. The fourth-order valence-corrected chi connectivity index (χ4v) is 3.19. The normalized spacial score (nSPS) is 19.4. The van der Waals surface area contributed by atoms with E-state index in [9.17, 15) is 0 Å². The molecule has 12 nitrogen and oxygen atoms in total. The molecule has 0 aliphatic carbocycles. The van der Waals surface area contributed by atoms with Crippen LogP contribution in [0.5, 0.6) is 0 Å². The monoisotopic (exact) mass is 560 g/mol. The second-order valence-corrected chi connectivity index (χ2v) is 8.30. The summed E-state index contributed by atoms with van der Waals surface area (Å²) in [6.07, 6.45) is 6.73. The Morgan fingerprint density at radius 1 is 0.325 bits per heavy atom. The summed E-state index contributed by atoms with van der Waals surface area (Å²) in [6.45, 7) is 8.18. The van der Waals surface area contributed by atoms with Gasteiger partial charge in [0.1, 0.15) is 23.0 Å². The highest BCUT2D eigenvalue weighted by molar-refractivity contribution is 5.81. The molecule has 40 heavy (non-hydrogen) atoms. The van der Waals surface area contributed by atoms with Crippen LogP contribution in [0, 0.1) is 0 Å². The first-order chi connectivity index (χ1) is 19.9. The van der Waals surface area contributed by atoms with Crippen molar-refractivity contribution >= 4 is 24.9 Å². The predicted octanol–water partition coefficient (Wildman–Crippen LogP) is 2.36. The minimum atomic E-state index is 0.502. The van der Waals surface area contributed by atoms with E-state index >= 15 is 0 Å². The summed E-state index contributed by atoms with van der Waals surface area (Å²) in [4.78, 5) is 17.3. The zero-order valence-electron chi connectivity index (χ0n) is 23.0.